The monoisotopic (exact) mass is 445 g/mol. The highest BCUT2D eigenvalue weighted by Gasteiger charge is 2.19. The largest absolute Gasteiger partial charge is 0.497 e. The molecule has 0 aliphatic heterocycles. The van der Waals surface area contributed by atoms with Crippen molar-refractivity contribution in [2.75, 3.05) is 18.4 Å². The van der Waals surface area contributed by atoms with E-state index in [1.54, 1.807) is 25.3 Å². The van der Waals surface area contributed by atoms with Crippen LogP contribution in [0.1, 0.15) is 15.9 Å². The number of nitrogens with zero attached hydrogens (tertiary/aromatic N) is 1. The average Bonchev–Trinajstić information content (AvgIpc) is 2.74. The van der Waals surface area contributed by atoms with Gasteiger partial charge in [0, 0.05) is 12.7 Å². The Hall–Kier alpha value is -3.10. The van der Waals surface area contributed by atoms with E-state index >= 15 is 0 Å². The number of benzene rings is 2. The van der Waals surface area contributed by atoms with Crippen molar-refractivity contribution < 1.29 is 17.9 Å². The molecule has 0 radical (unpaired) electrons. The molecule has 1 aromatic heterocycles. The minimum Gasteiger partial charge on any atom is -0.497 e. The van der Waals surface area contributed by atoms with Gasteiger partial charge in [-0.25, -0.2) is 13.4 Å². The molecule has 156 valence electrons. The summed E-state index contributed by atoms with van der Waals surface area (Å²) in [7, 11) is -2.32. The van der Waals surface area contributed by atoms with E-state index in [0.717, 1.165) is 17.5 Å². The minimum absolute atomic E-state index is 0.0541. The number of amides is 1. The number of ether oxygens (including phenoxy) is 1. The van der Waals surface area contributed by atoms with Gasteiger partial charge in [-0.15, -0.1) is 0 Å². The van der Waals surface area contributed by atoms with Gasteiger partial charge < -0.3 is 10.1 Å². The number of sulfonamides is 1. The van der Waals surface area contributed by atoms with E-state index in [4.69, 9.17) is 16.3 Å². The Morgan fingerprint density at radius 3 is 2.47 bits per heavy atom. The van der Waals surface area contributed by atoms with Gasteiger partial charge in [-0.2, -0.15) is 0 Å². The molecule has 0 bridgehead atoms. The maximum atomic E-state index is 12.6. The molecular formula is C21H20ClN3O4S. The van der Waals surface area contributed by atoms with Crippen LogP contribution in [0.3, 0.4) is 0 Å². The lowest BCUT2D eigenvalue weighted by molar-refractivity contribution is 0.0955. The zero-order valence-corrected chi connectivity index (χ0v) is 17.7. The third kappa shape index (κ3) is 5.49. The van der Waals surface area contributed by atoms with Gasteiger partial charge in [0.1, 0.15) is 15.8 Å². The predicted octanol–water partition coefficient (Wildman–Crippen LogP) is 3.52. The van der Waals surface area contributed by atoms with E-state index in [2.05, 4.69) is 15.0 Å². The molecule has 0 fully saturated rings. The normalized spacial score (nSPS) is 11.0. The smallest absolute Gasteiger partial charge is 0.263 e. The van der Waals surface area contributed by atoms with Crippen LogP contribution in [0.15, 0.2) is 71.8 Å². The van der Waals surface area contributed by atoms with Crippen LogP contribution in [0, 0.1) is 0 Å². The van der Waals surface area contributed by atoms with E-state index in [9.17, 15) is 13.2 Å². The maximum absolute atomic E-state index is 12.6. The Morgan fingerprint density at radius 2 is 1.80 bits per heavy atom. The zero-order chi connectivity index (χ0) is 21.6. The van der Waals surface area contributed by atoms with Gasteiger partial charge in [-0.05, 0) is 48.4 Å². The van der Waals surface area contributed by atoms with Crippen LogP contribution in [0.4, 0.5) is 5.69 Å². The number of anilines is 1. The summed E-state index contributed by atoms with van der Waals surface area (Å²) in [6.07, 6.45) is 1.78. The van der Waals surface area contributed by atoms with E-state index < -0.39 is 10.0 Å². The summed E-state index contributed by atoms with van der Waals surface area (Å²) < 4.78 is 32.8. The average molecular weight is 446 g/mol. The van der Waals surface area contributed by atoms with Crippen molar-refractivity contribution in [1.82, 2.24) is 10.3 Å². The molecule has 0 aliphatic rings. The molecule has 0 saturated carbocycles. The molecule has 1 heterocycles. The number of hydrogen-bond donors (Lipinski definition) is 2. The lowest BCUT2D eigenvalue weighted by atomic mass is 10.1. The van der Waals surface area contributed by atoms with Crippen molar-refractivity contribution >= 4 is 33.2 Å². The Bertz CT molecular complexity index is 1120. The lowest BCUT2D eigenvalue weighted by Gasteiger charge is -2.13. The number of halogens is 1. The molecule has 7 nitrogen and oxygen atoms in total. The molecule has 9 heteroatoms. The number of nitrogens with one attached hydrogen (secondary N) is 2. The number of hydrogen-bond acceptors (Lipinski definition) is 5. The van der Waals surface area contributed by atoms with E-state index in [-0.39, 0.29) is 27.2 Å². The summed E-state index contributed by atoms with van der Waals surface area (Å²) >= 11 is 5.71. The minimum atomic E-state index is -3.92. The standard InChI is InChI=1S/C21H20ClN3O4S/c1-29-16-8-6-15(7-9-16)12-13-23-21(26)18-4-2-3-5-19(18)25-30(27,28)17-10-11-20(22)24-14-17/h2-11,14,25H,12-13H2,1H3,(H,23,26). The Morgan fingerprint density at radius 1 is 1.07 bits per heavy atom. The first kappa shape index (κ1) is 21.6. The molecule has 3 aromatic rings. The highest BCUT2D eigenvalue weighted by atomic mass is 35.5. The summed E-state index contributed by atoms with van der Waals surface area (Å²) in [5.41, 5.74) is 1.44. The van der Waals surface area contributed by atoms with Gasteiger partial charge in [0.25, 0.3) is 15.9 Å². The number of carbonyl (C=O) groups is 1. The predicted molar refractivity (Wildman–Crippen MR) is 116 cm³/mol. The molecule has 0 atom stereocenters. The van der Waals surface area contributed by atoms with Gasteiger partial charge in [0.05, 0.1) is 18.4 Å². The fourth-order valence-corrected chi connectivity index (χ4v) is 3.84. The molecule has 0 aliphatic carbocycles. The Kier molecular flexibility index (Phi) is 6.91. The molecule has 0 spiro atoms. The Labute approximate surface area is 180 Å². The van der Waals surface area contributed by atoms with E-state index in [1.165, 1.54) is 18.2 Å². The van der Waals surface area contributed by atoms with Crippen LogP contribution < -0.4 is 14.8 Å². The summed E-state index contributed by atoms with van der Waals surface area (Å²) in [5, 5.41) is 3.00. The second-order valence-electron chi connectivity index (χ2n) is 6.32. The third-order valence-corrected chi connectivity index (χ3v) is 5.86. The van der Waals surface area contributed by atoms with Crippen molar-refractivity contribution in [1.29, 1.82) is 0 Å². The highest BCUT2D eigenvalue weighted by molar-refractivity contribution is 7.92. The zero-order valence-electron chi connectivity index (χ0n) is 16.1. The number of rotatable bonds is 8. The molecule has 0 unspecified atom stereocenters. The summed E-state index contributed by atoms with van der Waals surface area (Å²) in [6, 6.07) is 16.7. The topological polar surface area (TPSA) is 97.4 Å². The van der Waals surface area contributed by atoms with Crippen molar-refractivity contribution in [3.63, 3.8) is 0 Å². The number of methoxy groups -OCH3 is 1. The quantitative estimate of drug-likeness (QED) is 0.517. The third-order valence-electron chi connectivity index (χ3n) is 4.28. The van der Waals surface area contributed by atoms with E-state index in [1.807, 2.05) is 24.3 Å². The number of pyridine rings is 1. The van der Waals surface area contributed by atoms with Gasteiger partial charge in [-0.3, -0.25) is 9.52 Å². The van der Waals surface area contributed by atoms with Crippen molar-refractivity contribution in [2.45, 2.75) is 11.3 Å². The molecule has 0 saturated heterocycles. The molecule has 2 N–H and O–H groups in total. The van der Waals surface area contributed by atoms with Gasteiger partial charge >= 0.3 is 0 Å². The fraction of sp³-hybridized carbons (Fsp3) is 0.143. The van der Waals surface area contributed by atoms with Crippen LogP contribution in [-0.4, -0.2) is 33.0 Å². The molecule has 3 rings (SSSR count). The molecule has 30 heavy (non-hydrogen) atoms. The van der Waals surface area contributed by atoms with Crippen LogP contribution in [0.2, 0.25) is 5.15 Å². The van der Waals surface area contributed by atoms with E-state index in [0.29, 0.717) is 13.0 Å². The van der Waals surface area contributed by atoms with Crippen LogP contribution in [0.5, 0.6) is 5.75 Å². The summed E-state index contributed by atoms with van der Waals surface area (Å²) in [5.74, 6) is 0.385. The van der Waals surface area contributed by atoms with Gasteiger partial charge in [0.15, 0.2) is 0 Å². The second-order valence-corrected chi connectivity index (χ2v) is 8.39. The summed E-state index contributed by atoms with van der Waals surface area (Å²) in [4.78, 5) is 16.4. The van der Waals surface area contributed by atoms with Crippen LogP contribution in [-0.2, 0) is 16.4 Å². The first-order valence-corrected chi connectivity index (χ1v) is 10.9. The molecule has 2 aromatic carbocycles. The lowest BCUT2D eigenvalue weighted by Crippen LogP contribution is -2.27. The van der Waals surface area contributed by atoms with Crippen molar-refractivity contribution in [3.8, 4) is 5.75 Å². The van der Waals surface area contributed by atoms with Gasteiger partial charge in [0.2, 0.25) is 0 Å². The molecule has 1 amide bonds. The number of aromatic nitrogens is 1. The first-order chi connectivity index (χ1) is 14.4. The number of para-hydroxylation sites is 1. The van der Waals surface area contributed by atoms with Gasteiger partial charge in [-0.1, -0.05) is 35.9 Å². The Balaban J connectivity index is 1.67. The SMILES string of the molecule is COc1ccc(CCNC(=O)c2ccccc2NS(=O)(=O)c2ccc(Cl)nc2)cc1. The number of carbonyl (C=O) groups excluding carboxylic acids is 1. The summed E-state index contributed by atoms with van der Waals surface area (Å²) in [6.45, 7) is 0.396. The second kappa shape index (κ2) is 9.60. The van der Waals surface area contributed by atoms with Crippen LogP contribution in [0.25, 0.3) is 0 Å². The fourth-order valence-electron chi connectivity index (χ4n) is 2.70. The van der Waals surface area contributed by atoms with Crippen molar-refractivity contribution in [3.05, 3.63) is 83.1 Å². The highest BCUT2D eigenvalue weighted by Crippen LogP contribution is 2.20. The van der Waals surface area contributed by atoms with Crippen molar-refractivity contribution in [2.24, 2.45) is 0 Å². The molecular weight excluding hydrogens is 426 g/mol. The van der Waals surface area contributed by atoms with Crippen LogP contribution >= 0.6 is 11.6 Å². The maximum Gasteiger partial charge on any atom is 0.263 e. The first-order valence-electron chi connectivity index (χ1n) is 9.03.